The van der Waals surface area contributed by atoms with Gasteiger partial charge >= 0.3 is 0 Å². The molecule has 0 aliphatic carbocycles. The standard InChI is InChI=1S/C12H14S.2C2H6/c1-5-7-9-11(3)13-12(4)10-8-6-2;2*1-2/h5-10H,1-4H2;2*1-2H3/b9-7-,10-8-;;. The summed E-state index contributed by atoms with van der Waals surface area (Å²) >= 11 is 1.52. The van der Waals surface area contributed by atoms with Crippen molar-refractivity contribution < 1.29 is 0 Å². The second-order valence-corrected chi connectivity index (χ2v) is 3.48. The van der Waals surface area contributed by atoms with Gasteiger partial charge in [0.15, 0.2) is 0 Å². The predicted octanol–water partition coefficient (Wildman–Crippen LogP) is 6.28. The third kappa shape index (κ3) is 20.8. The van der Waals surface area contributed by atoms with Crippen LogP contribution in [-0.2, 0) is 0 Å². The van der Waals surface area contributed by atoms with Crippen molar-refractivity contribution in [2.45, 2.75) is 27.7 Å². The summed E-state index contributed by atoms with van der Waals surface area (Å²) in [6.45, 7) is 22.8. The highest BCUT2D eigenvalue weighted by molar-refractivity contribution is 8.07. The lowest BCUT2D eigenvalue weighted by Crippen LogP contribution is -1.68. The molecular weight excluding hydrogens is 224 g/mol. The highest BCUT2D eigenvalue weighted by atomic mass is 32.2. The van der Waals surface area contributed by atoms with Crippen molar-refractivity contribution in [2.24, 2.45) is 0 Å². The SMILES string of the molecule is C=C/C=C\C(=C)SC(=C)/C=C\C=C.CC.CC. The van der Waals surface area contributed by atoms with E-state index in [0.29, 0.717) is 0 Å². The van der Waals surface area contributed by atoms with Crippen LogP contribution in [0.15, 0.2) is 72.6 Å². The Morgan fingerprint density at radius 2 is 1.06 bits per heavy atom. The molecular formula is C16H26S. The molecule has 0 fully saturated rings. The Kier molecular flexibility index (Phi) is 25.1. The molecule has 0 heterocycles. The molecule has 1 heteroatoms. The predicted molar refractivity (Wildman–Crippen MR) is 87.2 cm³/mol. The maximum Gasteiger partial charge on any atom is 0.00497 e. The average molecular weight is 250 g/mol. The maximum atomic E-state index is 3.85. The van der Waals surface area contributed by atoms with Crippen molar-refractivity contribution in [3.8, 4) is 0 Å². The lowest BCUT2D eigenvalue weighted by molar-refractivity contribution is 1.50. The summed E-state index contributed by atoms with van der Waals surface area (Å²) in [5.41, 5.74) is 0. The van der Waals surface area contributed by atoms with E-state index in [9.17, 15) is 0 Å². The van der Waals surface area contributed by atoms with E-state index >= 15 is 0 Å². The molecule has 0 aliphatic heterocycles. The summed E-state index contributed by atoms with van der Waals surface area (Å²) in [4.78, 5) is 1.89. The van der Waals surface area contributed by atoms with Gasteiger partial charge in [-0.05, 0) is 12.2 Å². The molecule has 0 spiro atoms. The van der Waals surface area contributed by atoms with Gasteiger partial charge in [-0.2, -0.15) is 0 Å². The monoisotopic (exact) mass is 250 g/mol. The van der Waals surface area contributed by atoms with Crippen LogP contribution in [0.25, 0.3) is 0 Å². The smallest absolute Gasteiger partial charge is 0.00497 e. The van der Waals surface area contributed by atoms with Crippen LogP contribution >= 0.6 is 11.8 Å². The minimum atomic E-state index is 0.943. The topological polar surface area (TPSA) is 0 Å². The summed E-state index contributed by atoms with van der Waals surface area (Å²) in [5, 5.41) is 0. The van der Waals surface area contributed by atoms with Crippen LogP contribution in [0.2, 0.25) is 0 Å². The lowest BCUT2D eigenvalue weighted by atomic mass is 10.5. The van der Waals surface area contributed by atoms with Gasteiger partial charge in [0.05, 0.1) is 0 Å². The largest absolute Gasteiger partial charge is 0.0991 e. The van der Waals surface area contributed by atoms with Crippen molar-refractivity contribution in [2.75, 3.05) is 0 Å². The Hall–Kier alpha value is -1.21. The summed E-state index contributed by atoms with van der Waals surface area (Å²) in [6.07, 6.45) is 10.9. The van der Waals surface area contributed by atoms with E-state index in [1.807, 2.05) is 52.0 Å². The van der Waals surface area contributed by atoms with E-state index in [2.05, 4.69) is 26.3 Å². The molecule has 0 aromatic carbocycles. The highest BCUT2D eigenvalue weighted by Crippen LogP contribution is 2.24. The fourth-order valence-electron chi connectivity index (χ4n) is 0.587. The molecule has 0 aromatic rings. The molecule has 0 aliphatic rings. The first kappa shape index (κ1) is 21.1. The van der Waals surface area contributed by atoms with Gasteiger partial charge in [-0.15, -0.1) is 0 Å². The fourth-order valence-corrected chi connectivity index (χ4v) is 1.22. The molecule has 0 atom stereocenters. The van der Waals surface area contributed by atoms with E-state index < -0.39 is 0 Å². The molecule has 0 saturated heterocycles. The van der Waals surface area contributed by atoms with Crippen LogP contribution in [-0.4, -0.2) is 0 Å². The molecule has 0 unspecified atom stereocenters. The molecule has 0 N–H and O–H groups in total. The van der Waals surface area contributed by atoms with Gasteiger partial charge in [0.25, 0.3) is 0 Å². The lowest BCUT2D eigenvalue weighted by Gasteiger charge is -1.97. The Labute approximate surface area is 112 Å². The van der Waals surface area contributed by atoms with E-state index in [1.54, 1.807) is 12.2 Å². The van der Waals surface area contributed by atoms with E-state index in [0.717, 1.165) is 9.81 Å². The first-order valence-corrected chi connectivity index (χ1v) is 6.66. The van der Waals surface area contributed by atoms with Crippen LogP contribution in [0.5, 0.6) is 0 Å². The van der Waals surface area contributed by atoms with Crippen molar-refractivity contribution >= 4 is 11.8 Å². The molecule has 96 valence electrons. The number of hydrogen-bond donors (Lipinski definition) is 0. The second kappa shape index (κ2) is 20.2. The minimum Gasteiger partial charge on any atom is -0.0991 e. The fraction of sp³-hybridized carbons (Fsp3) is 0.250. The number of rotatable bonds is 6. The van der Waals surface area contributed by atoms with Gasteiger partial charge in [0, 0.05) is 9.81 Å². The molecule has 0 bridgehead atoms. The van der Waals surface area contributed by atoms with Gasteiger partial charge in [-0.25, -0.2) is 0 Å². The Morgan fingerprint density at radius 1 is 0.765 bits per heavy atom. The van der Waals surface area contributed by atoms with E-state index in [-0.39, 0.29) is 0 Å². The van der Waals surface area contributed by atoms with Crippen LogP contribution in [0.4, 0.5) is 0 Å². The van der Waals surface area contributed by atoms with E-state index in [1.165, 1.54) is 11.8 Å². The quantitative estimate of drug-likeness (QED) is 0.500. The van der Waals surface area contributed by atoms with Crippen molar-refractivity contribution in [1.82, 2.24) is 0 Å². The normalized spacial score (nSPS) is 8.71. The van der Waals surface area contributed by atoms with E-state index in [4.69, 9.17) is 0 Å². The number of allylic oxidation sites excluding steroid dienone is 6. The van der Waals surface area contributed by atoms with Gasteiger partial charge in [0.2, 0.25) is 0 Å². The van der Waals surface area contributed by atoms with Crippen LogP contribution in [0, 0.1) is 0 Å². The summed E-state index contributed by atoms with van der Waals surface area (Å²) in [6, 6.07) is 0. The first-order valence-electron chi connectivity index (χ1n) is 5.84. The zero-order valence-electron chi connectivity index (χ0n) is 11.7. The van der Waals surface area contributed by atoms with Crippen LogP contribution < -0.4 is 0 Å². The average Bonchev–Trinajstić information content (AvgIpc) is 2.38. The Bertz CT molecular complexity index is 239. The molecule has 0 saturated carbocycles. The molecule has 0 nitrogen and oxygen atoms in total. The first-order chi connectivity index (χ1) is 8.20. The van der Waals surface area contributed by atoms with Gasteiger partial charge in [0.1, 0.15) is 0 Å². The molecule has 0 aromatic heterocycles. The van der Waals surface area contributed by atoms with Gasteiger partial charge < -0.3 is 0 Å². The molecule has 0 amide bonds. The zero-order valence-corrected chi connectivity index (χ0v) is 12.5. The summed E-state index contributed by atoms with van der Waals surface area (Å²) < 4.78 is 0. The third-order valence-corrected chi connectivity index (χ3v) is 1.90. The van der Waals surface area contributed by atoms with Gasteiger partial charge in [-0.1, -0.05) is 90.1 Å². The van der Waals surface area contributed by atoms with Crippen LogP contribution in [0.1, 0.15) is 27.7 Å². The third-order valence-electron chi connectivity index (χ3n) is 1.10. The molecule has 0 rings (SSSR count). The molecule has 0 radical (unpaired) electrons. The Balaban J connectivity index is -0.000000439. The summed E-state index contributed by atoms with van der Waals surface area (Å²) in [7, 11) is 0. The molecule has 17 heavy (non-hydrogen) atoms. The summed E-state index contributed by atoms with van der Waals surface area (Å²) in [5.74, 6) is 0. The maximum absolute atomic E-state index is 3.85. The highest BCUT2D eigenvalue weighted by Gasteiger charge is 1.90. The van der Waals surface area contributed by atoms with Crippen molar-refractivity contribution in [3.63, 3.8) is 0 Å². The Morgan fingerprint density at radius 3 is 1.29 bits per heavy atom. The number of hydrogen-bond acceptors (Lipinski definition) is 1. The second-order valence-electron chi connectivity index (χ2n) is 2.22. The van der Waals surface area contributed by atoms with Crippen LogP contribution in [0.3, 0.4) is 0 Å². The van der Waals surface area contributed by atoms with Crippen molar-refractivity contribution in [3.05, 3.63) is 72.6 Å². The minimum absolute atomic E-state index is 0.943. The van der Waals surface area contributed by atoms with Crippen molar-refractivity contribution in [1.29, 1.82) is 0 Å². The number of thioether (sulfide) groups is 1. The zero-order chi connectivity index (χ0) is 14.1. The van der Waals surface area contributed by atoms with Gasteiger partial charge in [-0.3, -0.25) is 0 Å².